The van der Waals surface area contributed by atoms with Crippen LogP contribution in [0.25, 0.3) is 0 Å². The highest BCUT2D eigenvalue weighted by Crippen LogP contribution is 2.49. The van der Waals surface area contributed by atoms with E-state index in [2.05, 4.69) is 72.6 Å². The molecule has 1 fully saturated rings. The van der Waals surface area contributed by atoms with Gasteiger partial charge in [0.15, 0.2) is 0 Å². The van der Waals surface area contributed by atoms with Crippen LogP contribution in [0.4, 0.5) is 5.69 Å². The van der Waals surface area contributed by atoms with Crippen LogP contribution in [-0.2, 0) is 4.79 Å². The lowest BCUT2D eigenvalue weighted by atomic mass is 9.76. The minimum Gasteiger partial charge on any atom is -0.378 e. The largest absolute Gasteiger partial charge is 0.378 e. The zero-order valence-corrected chi connectivity index (χ0v) is 17.2. The number of fused-ring (bicyclic) bond motifs is 1. The maximum absolute atomic E-state index is 12.8. The first-order valence-electron chi connectivity index (χ1n) is 10.9. The third-order valence-corrected chi connectivity index (χ3v) is 6.45. The molecule has 3 nitrogen and oxygen atoms in total. The summed E-state index contributed by atoms with van der Waals surface area (Å²) in [6, 6.07) is 18.0. The number of carbonyl (C=O) groups is 1. The summed E-state index contributed by atoms with van der Waals surface area (Å²) < 4.78 is 0. The Hall–Kier alpha value is -2.29. The molecule has 0 aliphatic carbocycles. The number of nitrogens with zero attached hydrogens (tertiary/aromatic N) is 1. The van der Waals surface area contributed by atoms with Crippen molar-refractivity contribution in [2.24, 2.45) is 5.92 Å². The molecule has 2 aliphatic heterocycles. The number of carbonyl (C=O) groups excluding carboxylic acids is 1. The monoisotopic (exact) mass is 376 g/mol. The van der Waals surface area contributed by atoms with Gasteiger partial charge in [0, 0.05) is 24.6 Å². The van der Waals surface area contributed by atoms with Crippen molar-refractivity contribution >= 4 is 11.6 Å². The summed E-state index contributed by atoms with van der Waals surface area (Å²) >= 11 is 0. The Kier molecular flexibility index (Phi) is 5.70. The van der Waals surface area contributed by atoms with Crippen molar-refractivity contribution in [2.75, 3.05) is 11.9 Å². The van der Waals surface area contributed by atoms with Gasteiger partial charge >= 0.3 is 0 Å². The van der Waals surface area contributed by atoms with Crippen LogP contribution in [0, 0.1) is 12.8 Å². The van der Waals surface area contributed by atoms with E-state index in [-0.39, 0.29) is 12.1 Å². The zero-order valence-electron chi connectivity index (χ0n) is 17.2. The molecule has 1 saturated heterocycles. The van der Waals surface area contributed by atoms with Crippen LogP contribution in [0.1, 0.15) is 74.2 Å². The molecule has 3 unspecified atom stereocenters. The van der Waals surface area contributed by atoms with Gasteiger partial charge in [-0.3, -0.25) is 4.79 Å². The van der Waals surface area contributed by atoms with Gasteiger partial charge in [-0.1, -0.05) is 74.2 Å². The van der Waals surface area contributed by atoms with E-state index < -0.39 is 0 Å². The summed E-state index contributed by atoms with van der Waals surface area (Å²) in [5.41, 5.74) is 5.10. The Morgan fingerprint density at radius 1 is 1.07 bits per heavy atom. The second-order valence-corrected chi connectivity index (χ2v) is 8.42. The molecule has 3 heteroatoms. The topological polar surface area (TPSA) is 32.3 Å². The van der Waals surface area contributed by atoms with Gasteiger partial charge in [0.05, 0.1) is 12.1 Å². The zero-order chi connectivity index (χ0) is 19.5. The van der Waals surface area contributed by atoms with Crippen LogP contribution in [0.3, 0.4) is 0 Å². The molecule has 1 N–H and O–H groups in total. The van der Waals surface area contributed by atoms with E-state index in [1.165, 1.54) is 41.6 Å². The predicted octanol–water partition coefficient (Wildman–Crippen LogP) is 6.02. The highest BCUT2D eigenvalue weighted by Gasteiger charge is 2.42. The van der Waals surface area contributed by atoms with Crippen molar-refractivity contribution in [3.05, 3.63) is 65.2 Å². The Morgan fingerprint density at radius 2 is 1.86 bits per heavy atom. The number of likely N-dealkylation sites (tertiary alicyclic amines) is 1. The number of para-hydroxylation sites is 1. The van der Waals surface area contributed by atoms with Gasteiger partial charge in [-0.25, -0.2) is 0 Å². The van der Waals surface area contributed by atoms with E-state index in [4.69, 9.17) is 0 Å². The summed E-state index contributed by atoms with van der Waals surface area (Å²) in [5, 5.41) is 3.84. The number of unbranched alkanes of at least 4 members (excludes halogenated alkanes) is 2. The number of hydrogen-bond donors (Lipinski definition) is 1. The molecule has 3 atom stereocenters. The lowest BCUT2D eigenvalue weighted by Gasteiger charge is -2.45. The van der Waals surface area contributed by atoms with Gasteiger partial charge in [-0.05, 0) is 37.0 Å². The number of nitrogens with one attached hydrogen (secondary N) is 1. The molecule has 2 aromatic rings. The Labute approximate surface area is 169 Å². The Balaban J connectivity index is 1.76. The minimum atomic E-state index is 0.176. The molecule has 2 aromatic carbocycles. The Morgan fingerprint density at radius 3 is 2.57 bits per heavy atom. The average Bonchev–Trinajstić information content (AvgIpc) is 3.13. The standard InChI is InChI=1S/C25H32N2O/c1-3-4-5-10-21-24(19-15-13-18(2)14-16-19)26-22-11-7-6-9-20(22)25(21)27-17-8-12-23(27)28/h6-7,9,11,13-16,21,24-26H,3-5,8,10,12,17H2,1-2H3. The summed E-state index contributed by atoms with van der Waals surface area (Å²) in [7, 11) is 0. The van der Waals surface area contributed by atoms with Crippen LogP contribution in [-0.4, -0.2) is 17.4 Å². The molecule has 148 valence electrons. The van der Waals surface area contributed by atoms with Gasteiger partial charge in [0.25, 0.3) is 0 Å². The normalized spacial score (nSPS) is 24.1. The fraction of sp³-hybridized carbons (Fsp3) is 0.480. The first kappa shape index (κ1) is 19.0. The summed E-state index contributed by atoms with van der Waals surface area (Å²) in [4.78, 5) is 14.9. The van der Waals surface area contributed by atoms with E-state index in [9.17, 15) is 4.79 Å². The van der Waals surface area contributed by atoms with Gasteiger partial charge in [0.1, 0.15) is 0 Å². The van der Waals surface area contributed by atoms with Crippen LogP contribution in [0.2, 0.25) is 0 Å². The van der Waals surface area contributed by atoms with Gasteiger partial charge in [-0.15, -0.1) is 0 Å². The smallest absolute Gasteiger partial charge is 0.223 e. The van der Waals surface area contributed by atoms with E-state index >= 15 is 0 Å². The summed E-state index contributed by atoms with van der Waals surface area (Å²) in [6.45, 7) is 5.29. The number of benzene rings is 2. The van der Waals surface area contributed by atoms with E-state index in [0.29, 0.717) is 18.2 Å². The van der Waals surface area contributed by atoms with Crippen molar-refractivity contribution in [3.63, 3.8) is 0 Å². The van der Waals surface area contributed by atoms with E-state index in [1.807, 2.05) is 0 Å². The third kappa shape index (κ3) is 3.67. The lowest BCUT2D eigenvalue weighted by Crippen LogP contribution is -2.42. The summed E-state index contributed by atoms with van der Waals surface area (Å²) in [6.07, 6.45) is 6.51. The highest BCUT2D eigenvalue weighted by molar-refractivity contribution is 5.79. The van der Waals surface area contributed by atoms with Crippen LogP contribution in [0.15, 0.2) is 48.5 Å². The molecule has 4 rings (SSSR count). The number of anilines is 1. The first-order valence-corrected chi connectivity index (χ1v) is 10.9. The molecule has 0 spiro atoms. The molecule has 1 amide bonds. The molecule has 28 heavy (non-hydrogen) atoms. The SMILES string of the molecule is CCCCCC1C(c2ccc(C)cc2)Nc2ccccc2C1N1CCCC1=O. The second-order valence-electron chi connectivity index (χ2n) is 8.42. The maximum atomic E-state index is 12.8. The second kappa shape index (κ2) is 8.38. The van der Waals surface area contributed by atoms with Crippen LogP contribution >= 0.6 is 0 Å². The lowest BCUT2D eigenvalue weighted by molar-refractivity contribution is -0.131. The molecule has 0 bridgehead atoms. The van der Waals surface area contributed by atoms with Crippen molar-refractivity contribution in [1.29, 1.82) is 0 Å². The van der Waals surface area contributed by atoms with E-state index in [1.54, 1.807) is 0 Å². The molecule has 0 saturated carbocycles. The average molecular weight is 377 g/mol. The summed E-state index contributed by atoms with van der Waals surface area (Å²) in [5.74, 6) is 0.719. The predicted molar refractivity (Wildman–Crippen MR) is 115 cm³/mol. The van der Waals surface area contributed by atoms with Crippen molar-refractivity contribution in [2.45, 2.75) is 64.5 Å². The number of hydrogen-bond acceptors (Lipinski definition) is 2. The molecule has 0 radical (unpaired) electrons. The quantitative estimate of drug-likeness (QED) is 0.625. The number of rotatable bonds is 6. The Bertz CT molecular complexity index is 814. The van der Waals surface area contributed by atoms with Crippen molar-refractivity contribution < 1.29 is 4.79 Å². The van der Waals surface area contributed by atoms with Gasteiger partial charge < -0.3 is 10.2 Å². The molecule has 2 heterocycles. The van der Waals surface area contributed by atoms with Gasteiger partial charge in [-0.2, -0.15) is 0 Å². The van der Waals surface area contributed by atoms with Crippen LogP contribution < -0.4 is 5.32 Å². The van der Waals surface area contributed by atoms with Crippen molar-refractivity contribution in [3.8, 4) is 0 Å². The fourth-order valence-corrected chi connectivity index (χ4v) is 4.99. The molecular weight excluding hydrogens is 344 g/mol. The fourth-order valence-electron chi connectivity index (χ4n) is 4.99. The molecule has 0 aromatic heterocycles. The van der Waals surface area contributed by atoms with Crippen molar-refractivity contribution in [1.82, 2.24) is 4.90 Å². The minimum absolute atomic E-state index is 0.176. The van der Waals surface area contributed by atoms with E-state index in [0.717, 1.165) is 19.4 Å². The molecular formula is C25H32N2O. The number of amides is 1. The maximum Gasteiger partial charge on any atom is 0.223 e. The number of aryl methyl sites for hydroxylation is 1. The molecule has 2 aliphatic rings. The highest BCUT2D eigenvalue weighted by atomic mass is 16.2. The van der Waals surface area contributed by atoms with Crippen LogP contribution in [0.5, 0.6) is 0 Å². The third-order valence-electron chi connectivity index (χ3n) is 6.45. The first-order chi connectivity index (χ1) is 13.7. The van der Waals surface area contributed by atoms with Gasteiger partial charge in [0.2, 0.25) is 5.91 Å².